The lowest BCUT2D eigenvalue weighted by atomic mass is 10.2. The van der Waals surface area contributed by atoms with Gasteiger partial charge < -0.3 is 10.6 Å². The molecule has 3 aromatic rings. The first-order valence-electron chi connectivity index (χ1n) is 7.16. The Morgan fingerprint density at radius 2 is 1.75 bits per heavy atom. The van der Waals surface area contributed by atoms with Crippen molar-refractivity contribution in [3.8, 4) is 0 Å². The van der Waals surface area contributed by atoms with Gasteiger partial charge in [-0.1, -0.05) is 22.0 Å². The molecule has 0 bridgehead atoms. The fourth-order valence-electron chi connectivity index (χ4n) is 2.06. The minimum absolute atomic E-state index is 0.244. The Kier molecular flexibility index (Phi) is 4.86. The zero-order valence-corrected chi connectivity index (χ0v) is 14.0. The lowest BCUT2D eigenvalue weighted by Gasteiger charge is -2.08. The van der Waals surface area contributed by atoms with Crippen molar-refractivity contribution in [2.45, 2.75) is 0 Å². The molecule has 0 radical (unpaired) electrons. The maximum atomic E-state index is 13.1. The molecule has 0 saturated heterocycles. The average molecular weight is 386 g/mol. The van der Waals surface area contributed by atoms with Crippen LogP contribution in [0, 0.1) is 5.82 Å². The van der Waals surface area contributed by atoms with Gasteiger partial charge in [-0.05, 0) is 54.6 Å². The number of hydrogen-bond acceptors (Lipinski definition) is 3. The van der Waals surface area contributed by atoms with Gasteiger partial charge in [0.15, 0.2) is 0 Å². The molecule has 0 saturated carbocycles. The summed E-state index contributed by atoms with van der Waals surface area (Å²) in [6.45, 7) is 0. The Hall–Kier alpha value is -2.73. The molecule has 0 aliphatic rings. The van der Waals surface area contributed by atoms with Crippen LogP contribution >= 0.6 is 15.9 Å². The maximum absolute atomic E-state index is 13.1. The predicted molar refractivity (Wildman–Crippen MR) is 96.0 cm³/mol. The highest BCUT2D eigenvalue weighted by Gasteiger charge is 2.07. The highest BCUT2D eigenvalue weighted by molar-refractivity contribution is 9.10. The van der Waals surface area contributed by atoms with E-state index in [2.05, 4.69) is 31.5 Å². The normalized spacial score (nSPS) is 10.2. The molecule has 0 aliphatic heterocycles. The summed E-state index contributed by atoms with van der Waals surface area (Å²) in [6, 6.07) is 16.7. The molecule has 0 spiro atoms. The number of nitrogens with zero attached hydrogens (tertiary/aromatic N) is 1. The van der Waals surface area contributed by atoms with Gasteiger partial charge >= 0.3 is 0 Å². The second-order valence-corrected chi connectivity index (χ2v) is 5.94. The predicted octanol–water partition coefficient (Wildman–Crippen LogP) is 4.98. The molecule has 0 unspecified atom stereocenters. The summed E-state index contributed by atoms with van der Waals surface area (Å²) in [5, 5.41) is 5.84. The van der Waals surface area contributed by atoms with E-state index in [9.17, 15) is 9.18 Å². The van der Waals surface area contributed by atoms with Crippen molar-refractivity contribution in [1.29, 1.82) is 0 Å². The van der Waals surface area contributed by atoms with Crippen LogP contribution in [0.2, 0.25) is 0 Å². The molecule has 1 aromatic heterocycles. The van der Waals surface area contributed by atoms with Crippen LogP contribution in [0.15, 0.2) is 71.3 Å². The molecule has 4 nitrogen and oxygen atoms in total. The molecule has 0 atom stereocenters. The van der Waals surface area contributed by atoms with Crippen molar-refractivity contribution in [2.75, 3.05) is 10.6 Å². The average Bonchev–Trinajstić information content (AvgIpc) is 2.59. The van der Waals surface area contributed by atoms with E-state index >= 15 is 0 Å². The van der Waals surface area contributed by atoms with E-state index in [1.54, 1.807) is 24.4 Å². The van der Waals surface area contributed by atoms with Crippen molar-refractivity contribution in [2.24, 2.45) is 0 Å². The number of hydrogen-bond donors (Lipinski definition) is 2. The zero-order chi connectivity index (χ0) is 16.9. The van der Waals surface area contributed by atoms with E-state index in [1.807, 2.05) is 24.3 Å². The second kappa shape index (κ2) is 7.23. The quantitative estimate of drug-likeness (QED) is 0.665. The number of anilines is 3. The first-order chi connectivity index (χ1) is 11.6. The van der Waals surface area contributed by atoms with Crippen LogP contribution < -0.4 is 10.6 Å². The van der Waals surface area contributed by atoms with Crippen molar-refractivity contribution < 1.29 is 9.18 Å². The van der Waals surface area contributed by atoms with Crippen LogP contribution in [0.1, 0.15) is 10.4 Å². The molecule has 2 aromatic carbocycles. The molecule has 3 rings (SSSR count). The van der Waals surface area contributed by atoms with Crippen molar-refractivity contribution in [1.82, 2.24) is 4.98 Å². The van der Waals surface area contributed by atoms with Crippen molar-refractivity contribution in [3.05, 3.63) is 82.7 Å². The fourth-order valence-corrected chi connectivity index (χ4v) is 2.32. The van der Waals surface area contributed by atoms with Gasteiger partial charge in [-0.15, -0.1) is 0 Å². The first kappa shape index (κ1) is 16.1. The lowest BCUT2D eigenvalue weighted by Crippen LogP contribution is -2.13. The van der Waals surface area contributed by atoms with Gasteiger partial charge in [-0.3, -0.25) is 4.79 Å². The monoisotopic (exact) mass is 385 g/mol. The molecule has 6 heteroatoms. The topological polar surface area (TPSA) is 54.0 Å². The van der Waals surface area contributed by atoms with Gasteiger partial charge in [-0.25, -0.2) is 9.37 Å². The van der Waals surface area contributed by atoms with Gasteiger partial charge in [0, 0.05) is 15.7 Å². The molecular formula is C18H13BrFN3O. The summed E-state index contributed by atoms with van der Waals surface area (Å²) >= 11 is 3.38. The van der Waals surface area contributed by atoms with E-state index in [-0.39, 0.29) is 5.56 Å². The number of amides is 1. The Morgan fingerprint density at radius 1 is 1.00 bits per heavy atom. The Labute approximate surface area is 146 Å². The minimum Gasteiger partial charge on any atom is -0.354 e. The standard InChI is InChI=1S/C18H13BrFN3O/c19-13-4-6-15(7-5-13)22-16-8-9-17(21-11-16)23-18(24)12-2-1-3-14(20)10-12/h1-11,22H,(H,21,23,24). The molecule has 0 fully saturated rings. The third kappa shape index (κ3) is 4.17. The molecule has 24 heavy (non-hydrogen) atoms. The van der Waals surface area contributed by atoms with Crippen LogP contribution in [0.5, 0.6) is 0 Å². The number of carbonyl (C=O) groups is 1. The molecule has 1 amide bonds. The second-order valence-electron chi connectivity index (χ2n) is 5.03. The van der Waals surface area contributed by atoms with Gasteiger partial charge in [-0.2, -0.15) is 0 Å². The SMILES string of the molecule is O=C(Nc1ccc(Nc2ccc(Br)cc2)cn1)c1cccc(F)c1. The Balaban J connectivity index is 1.66. The van der Waals surface area contributed by atoms with E-state index in [0.717, 1.165) is 15.8 Å². The molecular weight excluding hydrogens is 373 g/mol. The highest BCUT2D eigenvalue weighted by Crippen LogP contribution is 2.19. The minimum atomic E-state index is -0.454. The molecule has 120 valence electrons. The lowest BCUT2D eigenvalue weighted by molar-refractivity contribution is 0.102. The van der Waals surface area contributed by atoms with Crippen molar-refractivity contribution >= 4 is 39.0 Å². The Bertz CT molecular complexity index is 851. The number of pyridine rings is 1. The molecule has 1 heterocycles. The smallest absolute Gasteiger partial charge is 0.256 e. The zero-order valence-electron chi connectivity index (χ0n) is 12.5. The molecule has 0 aliphatic carbocycles. The summed E-state index contributed by atoms with van der Waals surface area (Å²) in [6.07, 6.45) is 1.61. The van der Waals surface area contributed by atoms with Crippen molar-refractivity contribution in [3.63, 3.8) is 0 Å². The van der Waals surface area contributed by atoms with Gasteiger partial charge in [0.05, 0.1) is 11.9 Å². The highest BCUT2D eigenvalue weighted by atomic mass is 79.9. The van der Waals surface area contributed by atoms with E-state index in [0.29, 0.717) is 5.82 Å². The summed E-state index contributed by atoms with van der Waals surface area (Å²) in [4.78, 5) is 16.2. The fraction of sp³-hybridized carbons (Fsp3) is 0. The third-order valence-corrected chi connectivity index (χ3v) is 3.75. The first-order valence-corrected chi connectivity index (χ1v) is 7.95. The summed E-state index contributed by atoms with van der Waals surface area (Å²) in [5.41, 5.74) is 1.96. The summed E-state index contributed by atoms with van der Waals surface area (Å²) in [7, 11) is 0. The van der Waals surface area contributed by atoms with Gasteiger partial charge in [0.1, 0.15) is 11.6 Å². The summed E-state index contributed by atoms with van der Waals surface area (Å²) < 4.78 is 14.1. The number of halogens is 2. The van der Waals surface area contributed by atoms with Gasteiger partial charge in [0.2, 0.25) is 0 Å². The number of rotatable bonds is 4. The van der Waals surface area contributed by atoms with Crippen LogP contribution in [0.3, 0.4) is 0 Å². The maximum Gasteiger partial charge on any atom is 0.256 e. The van der Waals surface area contributed by atoms with Crippen LogP contribution in [0.25, 0.3) is 0 Å². The largest absolute Gasteiger partial charge is 0.354 e. The molecule has 2 N–H and O–H groups in total. The van der Waals surface area contributed by atoms with E-state index < -0.39 is 11.7 Å². The van der Waals surface area contributed by atoms with E-state index in [1.165, 1.54) is 18.2 Å². The number of nitrogens with one attached hydrogen (secondary N) is 2. The number of carbonyl (C=O) groups excluding carboxylic acids is 1. The van der Waals surface area contributed by atoms with E-state index in [4.69, 9.17) is 0 Å². The van der Waals surface area contributed by atoms with Crippen LogP contribution in [0.4, 0.5) is 21.6 Å². The summed E-state index contributed by atoms with van der Waals surface area (Å²) in [5.74, 6) is -0.467. The third-order valence-electron chi connectivity index (χ3n) is 3.22. The van der Waals surface area contributed by atoms with Gasteiger partial charge in [0.25, 0.3) is 5.91 Å². The Morgan fingerprint density at radius 3 is 2.42 bits per heavy atom. The van der Waals surface area contributed by atoms with Crippen LogP contribution in [-0.4, -0.2) is 10.9 Å². The van der Waals surface area contributed by atoms with Crippen LogP contribution in [-0.2, 0) is 0 Å². The number of benzene rings is 2. The number of aromatic nitrogens is 1.